The molecule has 3 heterocycles. The van der Waals surface area contributed by atoms with Gasteiger partial charge in [0.1, 0.15) is 17.5 Å². The van der Waals surface area contributed by atoms with Crippen molar-refractivity contribution < 1.29 is 32.7 Å². The van der Waals surface area contributed by atoms with Crippen molar-refractivity contribution in [3.05, 3.63) is 104 Å². The minimum absolute atomic E-state index is 0.0953. The summed E-state index contributed by atoms with van der Waals surface area (Å²) in [4.78, 5) is 54.9. The number of aromatic nitrogens is 1. The van der Waals surface area contributed by atoms with Gasteiger partial charge < -0.3 is 10.4 Å². The molecular formula is C30H22F3N3O5S2. The maximum atomic E-state index is 13.9. The molecule has 1 saturated heterocycles. The third kappa shape index (κ3) is 5.12. The van der Waals surface area contributed by atoms with Gasteiger partial charge in [-0.05, 0) is 43.3 Å². The van der Waals surface area contributed by atoms with Gasteiger partial charge in [0.05, 0.1) is 22.2 Å². The predicted molar refractivity (Wildman–Crippen MR) is 155 cm³/mol. The standard InChI is InChI=1S/C30H22F3N3O5S2/c1-15-9-11-18(12-10-15)36-26(39)23-22(19-7-2-3-8-20(19)37)25-28(42-24(23)27(36)40)35(29(41)43-25)14-21(38)34-17-6-4-5-16(13-17)30(31,32)33/h2-13,22-24,37H,14H2,1H3,(H,34,38)/t22-,23?,24?/m0/s1. The van der Waals surface area contributed by atoms with Gasteiger partial charge in [0, 0.05) is 22.0 Å². The zero-order chi connectivity index (χ0) is 30.6. The second-order valence-electron chi connectivity index (χ2n) is 10.2. The highest BCUT2D eigenvalue weighted by Gasteiger charge is 2.57. The minimum atomic E-state index is -4.60. The van der Waals surface area contributed by atoms with Gasteiger partial charge in [0.25, 0.3) is 0 Å². The molecule has 1 aromatic heterocycles. The van der Waals surface area contributed by atoms with E-state index in [0.717, 1.165) is 56.3 Å². The van der Waals surface area contributed by atoms with E-state index in [-0.39, 0.29) is 16.5 Å². The molecule has 8 nitrogen and oxygen atoms in total. The molecule has 6 rings (SSSR count). The van der Waals surface area contributed by atoms with Crippen LogP contribution in [0.2, 0.25) is 0 Å². The molecule has 0 bridgehead atoms. The van der Waals surface area contributed by atoms with E-state index in [0.29, 0.717) is 16.1 Å². The number of halogens is 3. The number of imide groups is 1. The molecule has 2 aliphatic rings. The summed E-state index contributed by atoms with van der Waals surface area (Å²) in [5.41, 5.74) is 0.657. The van der Waals surface area contributed by atoms with E-state index < -0.39 is 58.0 Å². The number of anilines is 2. The first-order chi connectivity index (χ1) is 20.4. The number of thioether (sulfide) groups is 1. The van der Waals surface area contributed by atoms with Crippen LogP contribution in [0.5, 0.6) is 5.75 Å². The Morgan fingerprint density at radius 3 is 2.40 bits per heavy atom. The summed E-state index contributed by atoms with van der Waals surface area (Å²) in [6.07, 6.45) is -4.60. The van der Waals surface area contributed by atoms with Crippen LogP contribution in [-0.2, 0) is 27.1 Å². The molecule has 13 heteroatoms. The van der Waals surface area contributed by atoms with Gasteiger partial charge in [0.15, 0.2) is 0 Å². The molecular weight excluding hydrogens is 603 g/mol. The van der Waals surface area contributed by atoms with Gasteiger partial charge in [0.2, 0.25) is 17.7 Å². The van der Waals surface area contributed by atoms with E-state index in [1.54, 1.807) is 42.5 Å². The fourth-order valence-electron chi connectivity index (χ4n) is 5.41. The zero-order valence-corrected chi connectivity index (χ0v) is 23.9. The quantitative estimate of drug-likeness (QED) is 0.289. The van der Waals surface area contributed by atoms with Crippen LogP contribution in [0, 0.1) is 12.8 Å². The highest BCUT2D eigenvalue weighted by atomic mass is 32.2. The second kappa shape index (κ2) is 10.7. The molecule has 3 amide bonds. The molecule has 4 aromatic rings. The smallest absolute Gasteiger partial charge is 0.416 e. The summed E-state index contributed by atoms with van der Waals surface area (Å²) in [5.74, 6) is -3.63. The number of hydrogen-bond donors (Lipinski definition) is 2. The predicted octanol–water partition coefficient (Wildman–Crippen LogP) is 5.38. The number of phenolic OH excluding ortho intramolecular Hbond substituents is 1. The Kier molecular flexibility index (Phi) is 7.17. The molecule has 2 unspecified atom stereocenters. The number of alkyl halides is 3. The lowest BCUT2D eigenvalue weighted by Gasteiger charge is -2.31. The Labute approximate surface area is 250 Å². The lowest BCUT2D eigenvalue weighted by molar-refractivity contribution is -0.137. The van der Waals surface area contributed by atoms with Crippen LogP contribution < -0.4 is 15.1 Å². The van der Waals surface area contributed by atoms with Gasteiger partial charge >= 0.3 is 11.0 Å². The third-order valence-electron chi connectivity index (χ3n) is 7.39. The fraction of sp³-hybridized carbons (Fsp3) is 0.200. The number of nitrogens with one attached hydrogen (secondary N) is 1. The number of carbonyl (C=O) groups excluding carboxylic acids is 3. The van der Waals surface area contributed by atoms with Crippen molar-refractivity contribution in [3.63, 3.8) is 0 Å². The van der Waals surface area contributed by atoms with Crippen molar-refractivity contribution in [3.8, 4) is 5.75 Å². The first-order valence-corrected chi connectivity index (χ1v) is 14.7. The largest absolute Gasteiger partial charge is 0.508 e. The second-order valence-corrected chi connectivity index (χ2v) is 12.3. The average Bonchev–Trinajstić information content (AvgIpc) is 3.40. The molecule has 0 spiro atoms. The Morgan fingerprint density at radius 2 is 1.70 bits per heavy atom. The zero-order valence-electron chi connectivity index (χ0n) is 22.3. The Bertz CT molecular complexity index is 1830. The number of aromatic hydroxyl groups is 1. The van der Waals surface area contributed by atoms with Gasteiger partial charge in [-0.2, -0.15) is 13.2 Å². The molecule has 3 aromatic carbocycles. The highest BCUT2D eigenvalue weighted by molar-refractivity contribution is 8.00. The van der Waals surface area contributed by atoms with E-state index in [2.05, 4.69) is 5.32 Å². The normalized spacial score (nSPS) is 19.7. The van der Waals surface area contributed by atoms with Crippen LogP contribution >= 0.6 is 23.1 Å². The molecule has 43 heavy (non-hydrogen) atoms. The van der Waals surface area contributed by atoms with E-state index >= 15 is 0 Å². The van der Waals surface area contributed by atoms with E-state index in [4.69, 9.17) is 0 Å². The van der Waals surface area contributed by atoms with E-state index in [9.17, 15) is 37.5 Å². The maximum absolute atomic E-state index is 13.9. The fourth-order valence-corrected chi connectivity index (χ4v) is 8.17. The Hall–Kier alpha value is -4.36. The molecule has 2 N–H and O–H groups in total. The number of hydrogen-bond acceptors (Lipinski definition) is 7. The number of fused-ring (bicyclic) bond motifs is 2. The number of nitrogens with zero attached hydrogens (tertiary/aromatic N) is 2. The number of carbonyl (C=O) groups is 3. The van der Waals surface area contributed by atoms with Gasteiger partial charge in [-0.3, -0.25) is 23.7 Å². The topological polar surface area (TPSA) is 109 Å². The van der Waals surface area contributed by atoms with Crippen LogP contribution in [-0.4, -0.2) is 32.6 Å². The monoisotopic (exact) mass is 625 g/mol. The number of thiazole rings is 1. The van der Waals surface area contributed by atoms with Crippen molar-refractivity contribution in [2.75, 3.05) is 10.2 Å². The van der Waals surface area contributed by atoms with Crippen LogP contribution in [0.1, 0.15) is 27.5 Å². The average molecular weight is 626 g/mol. The van der Waals surface area contributed by atoms with Crippen molar-refractivity contribution in [1.29, 1.82) is 0 Å². The Morgan fingerprint density at radius 1 is 0.977 bits per heavy atom. The number of rotatable bonds is 5. The number of para-hydroxylation sites is 1. The number of phenols is 1. The highest BCUT2D eigenvalue weighted by Crippen LogP contribution is 2.55. The summed E-state index contributed by atoms with van der Waals surface area (Å²) in [6.45, 7) is 1.34. The molecule has 2 aliphatic heterocycles. The third-order valence-corrected chi connectivity index (χ3v) is 9.99. The molecule has 220 valence electrons. The van der Waals surface area contributed by atoms with Gasteiger partial charge in [-0.15, -0.1) is 0 Å². The van der Waals surface area contributed by atoms with Gasteiger partial charge in [-0.25, -0.2) is 4.90 Å². The minimum Gasteiger partial charge on any atom is -0.508 e. The summed E-state index contributed by atoms with van der Waals surface area (Å²) in [5, 5.41) is 12.5. The van der Waals surface area contributed by atoms with Crippen molar-refractivity contribution in [2.24, 2.45) is 5.92 Å². The lowest BCUT2D eigenvalue weighted by atomic mass is 9.82. The van der Waals surface area contributed by atoms with Crippen molar-refractivity contribution in [1.82, 2.24) is 4.57 Å². The van der Waals surface area contributed by atoms with Crippen LogP contribution in [0.4, 0.5) is 24.5 Å². The van der Waals surface area contributed by atoms with Gasteiger partial charge in [-0.1, -0.05) is 65.1 Å². The van der Waals surface area contributed by atoms with E-state index in [1.807, 2.05) is 6.92 Å². The summed E-state index contributed by atoms with van der Waals surface area (Å²) in [7, 11) is 0. The number of benzene rings is 3. The first kappa shape index (κ1) is 28.7. The molecule has 0 saturated carbocycles. The lowest BCUT2D eigenvalue weighted by Crippen LogP contribution is -2.33. The maximum Gasteiger partial charge on any atom is 0.416 e. The summed E-state index contributed by atoms with van der Waals surface area (Å²) in [6, 6.07) is 17.4. The molecule has 1 fully saturated rings. The molecule has 3 atom stereocenters. The Balaban J connectivity index is 1.39. The van der Waals surface area contributed by atoms with Crippen LogP contribution in [0.3, 0.4) is 0 Å². The van der Waals surface area contributed by atoms with E-state index in [1.165, 1.54) is 12.1 Å². The number of amides is 3. The van der Waals surface area contributed by atoms with Crippen LogP contribution in [0.15, 0.2) is 82.6 Å². The SMILES string of the molecule is Cc1ccc(N2C(=O)C3Sc4c(sc(=O)n4CC(=O)Nc4cccc(C(F)(F)F)c4)[C@@H](c4ccccc4O)C3C2=O)cc1. The number of aryl methyl sites for hydroxylation is 1. The van der Waals surface area contributed by atoms with Crippen LogP contribution in [0.25, 0.3) is 0 Å². The molecule has 0 aliphatic carbocycles. The summed E-state index contributed by atoms with van der Waals surface area (Å²) >= 11 is 1.80. The van der Waals surface area contributed by atoms with Crippen molar-refractivity contribution >= 4 is 52.2 Å². The summed E-state index contributed by atoms with van der Waals surface area (Å²) < 4.78 is 40.6. The van der Waals surface area contributed by atoms with Crippen molar-refractivity contribution in [2.45, 2.75) is 35.8 Å². The molecule has 0 radical (unpaired) electrons. The first-order valence-electron chi connectivity index (χ1n) is 13.0.